The maximum Gasteiger partial charge on any atom is 0.339 e. The first-order valence-corrected chi connectivity index (χ1v) is 5.07. The summed E-state index contributed by atoms with van der Waals surface area (Å²) in [5.74, 6) is 5.09. The SMILES string of the molecule is NN1C(=O)NC2(CCCCCC2)C1=O. The highest BCUT2D eigenvalue weighted by atomic mass is 16.2. The maximum atomic E-state index is 11.8. The predicted octanol–water partition coefficient (Wildman–Crippen LogP) is 0.505. The molecule has 0 unspecified atom stereocenters. The van der Waals surface area contributed by atoms with E-state index in [-0.39, 0.29) is 5.91 Å². The molecule has 5 nitrogen and oxygen atoms in total. The summed E-state index contributed by atoms with van der Waals surface area (Å²) in [7, 11) is 0. The van der Waals surface area contributed by atoms with E-state index in [0.29, 0.717) is 5.01 Å². The maximum absolute atomic E-state index is 11.8. The number of hydrazine groups is 1. The van der Waals surface area contributed by atoms with Crippen LogP contribution in [0.25, 0.3) is 0 Å². The number of carbonyl (C=O) groups is 2. The van der Waals surface area contributed by atoms with Gasteiger partial charge in [-0.15, -0.1) is 0 Å². The number of hydrogen-bond acceptors (Lipinski definition) is 3. The van der Waals surface area contributed by atoms with Crippen molar-refractivity contribution in [3.05, 3.63) is 0 Å². The first-order chi connectivity index (χ1) is 6.66. The standard InChI is InChI=1S/C9H15N3O2/c10-12-7(13)9(11-8(12)14)5-3-1-2-4-6-9/h1-6,10H2,(H,11,14). The molecule has 0 aromatic heterocycles. The summed E-state index contributed by atoms with van der Waals surface area (Å²) in [5, 5.41) is 3.43. The lowest BCUT2D eigenvalue weighted by Gasteiger charge is -2.23. The number of imide groups is 1. The number of hydrogen-bond donors (Lipinski definition) is 2. The molecule has 2 aliphatic rings. The van der Waals surface area contributed by atoms with E-state index >= 15 is 0 Å². The van der Waals surface area contributed by atoms with Crippen molar-refractivity contribution in [1.82, 2.24) is 10.3 Å². The van der Waals surface area contributed by atoms with Crippen molar-refractivity contribution in [2.45, 2.75) is 44.1 Å². The van der Waals surface area contributed by atoms with Crippen LogP contribution in [-0.2, 0) is 4.79 Å². The third-order valence-corrected chi connectivity index (χ3v) is 3.15. The van der Waals surface area contributed by atoms with Crippen molar-refractivity contribution in [2.24, 2.45) is 5.84 Å². The Kier molecular flexibility index (Phi) is 2.19. The van der Waals surface area contributed by atoms with Crippen LogP contribution < -0.4 is 11.2 Å². The Morgan fingerprint density at radius 2 is 1.71 bits per heavy atom. The van der Waals surface area contributed by atoms with Gasteiger partial charge in [0.15, 0.2) is 0 Å². The molecular weight excluding hydrogens is 182 g/mol. The summed E-state index contributed by atoms with van der Waals surface area (Å²) in [6, 6.07) is -0.461. The van der Waals surface area contributed by atoms with Gasteiger partial charge in [-0.2, -0.15) is 5.01 Å². The van der Waals surface area contributed by atoms with Crippen molar-refractivity contribution in [3.8, 4) is 0 Å². The second-order valence-corrected chi connectivity index (χ2v) is 4.10. The van der Waals surface area contributed by atoms with Crippen LogP contribution in [-0.4, -0.2) is 22.5 Å². The van der Waals surface area contributed by atoms with Crippen molar-refractivity contribution >= 4 is 11.9 Å². The lowest BCUT2D eigenvalue weighted by Crippen LogP contribution is -2.47. The molecule has 1 saturated carbocycles. The Morgan fingerprint density at radius 1 is 1.14 bits per heavy atom. The molecule has 2 fully saturated rings. The molecule has 3 amide bonds. The molecule has 78 valence electrons. The van der Waals surface area contributed by atoms with Crippen LogP contribution in [0, 0.1) is 0 Å². The van der Waals surface area contributed by atoms with E-state index < -0.39 is 11.6 Å². The Labute approximate surface area is 82.6 Å². The molecule has 3 N–H and O–H groups in total. The van der Waals surface area contributed by atoms with Gasteiger partial charge in [0.05, 0.1) is 0 Å². The summed E-state index contributed by atoms with van der Waals surface area (Å²) < 4.78 is 0. The fraction of sp³-hybridized carbons (Fsp3) is 0.778. The minimum Gasteiger partial charge on any atom is -0.322 e. The minimum absolute atomic E-state index is 0.260. The summed E-state index contributed by atoms with van der Waals surface area (Å²) >= 11 is 0. The van der Waals surface area contributed by atoms with E-state index in [9.17, 15) is 9.59 Å². The normalized spacial score (nSPS) is 26.5. The molecule has 1 spiro atoms. The highest BCUT2D eigenvalue weighted by Gasteiger charge is 2.49. The zero-order valence-electron chi connectivity index (χ0n) is 8.08. The fourth-order valence-electron chi connectivity index (χ4n) is 2.31. The van der Waals surface area contributed by atoms with Crippen molar-refractivity contribution in [1.29, 1.82) is 0 Å². The van der Waals surface area contributed by atoms with E-state index in [1.165, 1.54) is 0 Å². The average molecular weight is 197 g/mol. The minimum atomic E-state index is -0.678. The molecule has 0 bridgehead atoms. The molecule has 1 heterocycles. The predicted molar refractivity (Wildman–Crippen MR) is 50.0 cm³/mol. The molecule has 1 aliphatic carbocycles. The molecular formula is C9H15N3O2. The van der Waals surface area contributed by atoms with Gasteiger partial charge in [-0.05, 0) is 12.8 Å². The summed E-state index contributed by atoms with van der Waals surface area (Å²) in [5.41, 5.74) is -0.678. The number of urea groups is 1. The zero-order chi connectivity index (χ0) is 10.2. The molecule has 14 heavy (non-hydrogen) atoms. The van der Waals surface area contributed by atoms with Gasteiger partial charge in [0.1, 0.15) is 5.54 Å². The Bertz CT molecular complexity index is 269. The van der Waals surface area contributed by atoms with Crippen LogP contribution in [0.3, 0.4) is 0 Å². The van der Waals surface area contributed by atoms with Gasteiger partial charge in [0.25, 0.3) is 5.91 Å². The van der Waals surface area contributed by atoms with Gasteiger partial charge in [0, 0.05) is 0 Å². The summed E-state index contributed by atoms with van der Waals surface area (Å²) in [6.07, 6.45) is 5.70. The molecule has 1 aliphatic heterocycles. The lowest BCUT2D eigenvalue weighted by molar-refractivity contribution is -0.131. The van der Waals surface area contributed by atoms with Gasteiger partial charge in [0.2, 0.25) is 0 Å². The quantitative estimate of drug-likeness (QED) is 0.337. The van der Waals surface area contributed by atoms with Crippen molar-refractivity contribution < 1.29 is 9.59 Å². The monoisotopic (exact) mass is 197 g/mol. The van der Waals surface area contributed by atoms with Crippen LogP contribution in [0.15, 0.2) is 0 Å². The number of amides is 3. The highest BCUT2D eigenvalue weighted by Crippen LogP contribution is 2.31. The van der Waals surface area contributed by atoms with Gasteiger partial charge in [-0.1, -0.05) is 25.7 Å². The largest absolute Gasteiger partial charge is 0.339 e. The van der Waals surface area contributed by atoms with Crippen LogP contribution in [0.4, 0.5) is 4.79 Å². The van der Waals surface area contributed by atoms with Crippen LogP contribution in [0.5, 0.6) is 0 Å². The summed E-state index contributed by atoms with van der Waals surface area (Å²) in [4.78, 5) is 23.0. The average Bonchev–Trinajstić information content (AvgIpc) is 2.38. The van der Waals surface area contributed by atoms with E-state index in [2.05, 4.69) is 5.32 Å². The molecule has 0 radical (unpaired) electrons. The molecule has 0 aromatic rings. The van der Waals surface area contributed by atoms with E-state index in [1.54, 1.807) is 0 Å². The first-order valence-electron chi connectivity index (χ1n) is 5.07. The number of nitrogens with two attached hydrogens (primary N) is 1. The zero-order valence-corrected chi connectivity index (χ0v) is 8.08. The van der Waals surface area contributed by atoms with Crippen molar-refractivity contribution in [2.75, 3.05) is 0 Å². The molecule has 0 atom stereocenters. The van der Waals surface area contributed by atoms with Gasteiger partial charge >= 0.3 is 6.03 Å². The van der Waals surface area contributed by atoms with Gasteiger partial charge < -0.3 is 5.32 Å². The topological polar surface area (TPSA) is 75.4 Å². The molecule has 5 heteroatoms. The van der Waals surface area contributed by atoms with E-state index in [1.807, 2.05) is 0 Å². The molecule has 1 saturated heterocycles. The third kappa shape index (κ3) is 1.28. The number of carbonyl (C=O) groups excluding carboxylic acids is 2. The fourth-order valence-corrected chi connectivity index (χ4v) is 2.31. The lowest BCUT2D eigenvalue weighted by atomic mass is 9.90. The number of nitrogens with one attached hydrogen (secondary N) is 1. The third-order valence-electron chi connectivity index (χ3n) is 3.15. The Hall–Kier alpha value is -1.10. The Morgan fingerprint density at radius 3 is 2.14 bits per heavy atom. The molecule has 0 aromatic carbocycles. The van der Waals surface area contributed by atoms with Crippen LogP contribution in [0.1, 0.15) is 38.5 Å². The van der Waals surface area contributed by atoms with Gasteiger partial charge in [-0.25, -0.2) is 10.6 Å². The Balaban J connectivity index is 2.22. The smallest absolute Gasteiger partial charge is 0.322 e. The van der Waals surface area contributed by atoms with Crippen LogP contribution >= 0.6 is 0 Å². The second-order valence-electron chi connectivity index (χ2n) is 4.10. The second kappa shape index (κ2) is 3.24. The first kappa shape index (κ1) is 9.45. The van der Waals surface area contributed by atoms with Crippen molar-refractivity contribution in [3.63, 3.8) is 0 Å². The summed E-state index contributed by atoms with van der Waals surface area (Å²) in [6.45, 7) is 0. The number of rotatable bonds is 0. The van der Waals surface area contributed by atoms with Crippen LogP contribution in [0.2, 0.25) is 0 Å². The van der Waals surface area contributed by atoms with E-state index in [4.69, 9.17) is 5.84 Å². The highest BCUT2D eigenvalue weighted by molar-refractivity contribution is 6.06. The van der Waals surface area contributed by atoms with E-state index in [0.717, 1.165) is 38.5 Å². The number of nitrogens with zero attached hydrogens (tertiary/aromatic N) is 1. The van der Waals surface area contributed by atoms with Gasteiger partial charge in [-0.3, -0.25) is 4.79 Å². The molecule has 2 rings (SSSR count).